The number of para-hydroxylation sites is 1. The molecule has 0 radical (unpaired) electrons. The van der Waals surface area contributed by atoms with Crippen LogP contribution < -0.4 is 15.0 Å². The van der Waals surface area contributed by atoms with E-state index in [1.165, 1.54) is 25.5 Å². The average molecular weight is 580 g/mol. The minimum absolute atomic E-state index is 0.0627. The van der Waals surface area contributed by atoms with Crippen molar-refractivity contribution >= 4 is 23.1 Å². The van der Waals surface area contributed by atoms with E-state index >= 15 is 0 Å². The lowest BCUT2D eigenvalue weighted by Gasteiger charge is -2.19. The van der Waals surface area contributed by atoms with Gasteiger partial charge in [-0.2, -0.15) is 22.9 Å². The second-order valence-electron chi connectivity index (χ2n) is 9.11. The molecule has 0 fully saturated rings. The number of benzene rings is 3. The first kappa shape index (κ1) is 30.0. The zero-order valence-corrected chi connectivity index (χ0v) is 23.1. The number of halogens is 3. The number of carbonyl (C=O) groups excluding carboxylic acids is 1. The lowest BCUT2D eigenvalue weighted by molar-refractivity contribution is -0.148. The number of allylic oxidation sites excluding steroid dienone is 1. The summed E-state index contributed by atoms with van der Waals surface area (Å²) in [5, 5.41) is 4.61. The molecule has 0 bridgehead atoms. The molecule has 0 unspecified atom stereocenters. The number of hydrogen-bond acceptors (Lipinski definition) is 7. The molecule has 0 spiro atoms. The maximum Gasteiger partial charge on any atom is 0.416 e. The summed E-state index contributed by atoms with van der Waals surface area (Å²) in [6.45, 7) is 7.39. The van der Waals surface area contributed by atoms with Gasteiger partial charge in [0.2, 0.25) is 0 Å². The molecular weight excluding hydrogens is 551 g/mol. The summed E-state index contributed by atoms with van der Waals surface area (Å²) < 4.78 is 57.9. The summed E-state index contributed by atoms with van der Waals surface area (Å²) in [5.41, 5.74) is 0.0403. The van der Waals surface area contributed by atoms with Crippen molar-refractivity contribution in [2.75, 3.05) is 13.7 Å². The van der Waals surface area contributed by atoms with E-state index in [4.69, 9.17) is 14.2 Å². The Morgan fingerprint density at radius 3 is 2.60 bits per heavy atom. The maximum absolute atomic E-state index is 13.5. The highest BCUT2D eigenvalue weighted by Gasteiger charge is 2.31. The molecule has 11 heteroatoms. The van der Waals surface area contributed by atoms with Gasteiger partial charge in [0.25, 0.3) is 5.56 Å². The van der Waals surface area contributed by atoms with Crippen molar-refractivity contribution < 1.29 is 32.2 Å². The minimum Gasteiger partial charge on any atom is -0.490 e. The van der Waals surface area contributed by atoms with Crippen LogP contribution >= 0.6 is 0 Å². The van der Waals surface area contributed by atoms with Crippen molar-refractivity contribution in [1.82, 2.24) is 9.66 Å². The summed E-state index contributed by atoms with van der Waals surface area (Å²) in [5.74, 6) is -0.000624. The zero-order valence-electron chi connectivity index (χ0n) is 23.1. The number of nitrogens with zero attached hydrogens (tertiary/aromatic N) is 3. The monoisotopic (exact) mass is 579 g/mol. The van der Waals surface area contributed by atoms with E-state index in [9.17, 15) is 22.8 Å². The highest BCUT2D eigenvalue weighted by atomic mass is 19.4. The van der Waals surface area contributed by atoms with Crippen molar-refractivity contribution in [3.63, 3.8) is 0 Å². The van der Waals surface area contributed by atoms with E-state index in [-0.39, 0.29) is 23.4 Å². The van der Waals surface area contributed by atoms with Crippen molar-refractivity contribution in [3.8, 4) is 22.9 Å². The first-order chi connectivity index (χ1) is 20.1. The second-order valence-corrected chi connectivity index (χ2v) is 9.11. The largest absolute Gasteiger partial charge is 0.490 e. The summed E-state index contributed by atoms with van der Waals surface area (Å²) in [7, 11) is 1.26. The van der Waals surface area contributed by atoms with Crippen LogP contribution in [0.15, 0.2) is 83.2 Å². The lowest BCUT2D eigenvalue weighted by atomic mass is 10.1. The van der Waals surface area contributed by atoms with Crippen LogP contribution in [0.3, 0.4) is 0 Å². The molecule has 4 aromatic rings. The number of alkyl halides is 3. The van der Waals surface area contributed by atoms with Gasteiger partial charge in [0.1, 0.15) is 0 Å². The summed E-state index contributed by atoms with van der Waals surface area (Å²) in [6.07, 6.45) is -2.15. The number of hydrogen-bond donors (Lipinski definition) is 0. The van der Waals surface area contributed by atoms with E-state index in [0.29, 0.717) is 34.6 Å². The molecule has 218 valence electrons. The van der Waals surface area contributed by atoms with Gasteiger partial charge in [-0.1, -0.05) is 30.3 Å². The third kappa shape index (κ3) is 6.51. The third-order valence-electron chi connectivity index (χ3n) is 6.17. The van der Waals surface area contributed by atoms with Gasteiger partial charge in [0.15, 0.2) is 23.4 Å². The van der Waals surface area contributed by atoms with Crippen molar-refractivity contribution in [2.45, 2.75) is 32.5 Å². The number of methoxy groups -OCH3 is 1. The van der Waals surface area contributed by atoms with Crippen LogP contribution in [0, 0.1) is 0 Å². The Morgan fingerprint density at radius 1 is 1.14 bits per heavy atom. The van der Waals surface area contributed by atoms with Crippen molar-refractivity contribution in [3.05, 3.63) is 100 Å². The smallest absolute Gasteiger partial charge is 0.416 e. The first-order valence-electron chi connectivity index (χ1n) is 13.0. The molecule has 0 N–H and O–H groups in total. The second kappa shape index (κ2) is 12.7. The van der Waals surface area contributed by atoms with Gasteiger partial charge in [-0.3, -0.25) is 4.79 Å². The lowest BCUT2D eigenvalue weighted by Crippen LogP contribution is -2.25. The highest BCUT2D eigenvalue weighted by molar-refractivity contribution is 5.83. The summed E-state index contributed by atoms with van der Waals surface area (Å²) in [6, 6.07) is 14.4. The molecule has 0 aliphatic carbocycles. The Bertz CT molecular complexity index is 1710. The Morgan fingerprint density at radius 2 is 1.90 bits per heavy atom. The van der Waals surface area contributed by atoms with Crippen LogP contribution in [-0.4, -0.2) is 41.7 Å². The Hall–Kier alpha value is -4.93. The Labute approximate surface area is 239 Å². The first-order valence-corrected chi connectivity index (χ1v) is 13.0. The van der Waals surface area contributed by atoms with Crippen LogP contribution in [0.4, 0.5) is 13.2 Å². The maximum atomic E-state index is 13.5. The molecule has 1 heterocycles. The van der Waals surface area contributed by atoms with E-state index in [1.807, 2.05) is 0 Å². The number of carbonyl (C=O) groups is 1. The van der Waals surface area contributed by atoms with Gasteiger partial charge < -0.3 is 14.2 Å². The Balaban J connectivity index is 1.88. The van der Waals surface area contributed by atoms with E-state index in [2.05, 4.69) is 16.7 Å². The molecule has 8 nitrogen and oxygen atoms in total. The number of esters is 1. The molecule has 0 amide bonds. The molecule has 1 aromatic heterocycles. The summed E-state index contributed by atoms with van der Waals surface area (Å²) >= 11 is 0. The molecule has 0 aliphatic heterocycles. The minimum atomic E-state index is -4.59. The number of ether oxygens (including phenoxy) is 3. The molecule has 0 aliphatic rings. The van der Waals surface area contributed by atoms with Gasteiger partial charge in [0.05, 0.1) is 36.4 Å². The number of rotatable bonds is 10. The van der Waals surface area contributed by atoms with Gasteiger partial charge in [-0.15, -0.1) is 6.58 Å². The van der Waals surface area contributed by atoms with Gasteiger partial charge in [0, 0.05) is 11.1 Å². The molecule has 3 aromatic carbocycles. The van der Waals surface area contributed by atoms with Gasteiger partial charge >= 0.3 is 12.1 Å². The molecule has 1 atom stereocenters. The summed E-state index contributed by atoms with van der Waals surface area (Å²) in [4.78, 5) is 30.0. The normalized spacial score (nSPS) is 12.3. The number of aromatic nitrogens is 2. The SMILES string of the molecule is C=CCc1cc(C=Nn2c(-c3cccc(C(F)(F)F)c3)nc3ccccc3c2=O)cc(OCC)c1O[C@@H](C)C(=O)OC. The fourth-order valence-corrected chi connectivity index (χ4v) is 4.23. The van der Waals surface area contributed by atoms with Crippen LogP contribution in [0.25, 0.3) is 22.3 Å². The highest BCUT2D eigenvalue weighted by Crippen LogP contribution is 2.35. The van der Waals surface area contributed by atoms with Crippen LogP contribution in [0.5, 0.6) is 11.5 Å². The molecule has 0 saturated carbocycles. The van der Waals surface area contributed by atoms with Crippen LogP contribution in [0.2, 0.25) is 0 Å². The fourth-order valence-electron chi connectivity index (χ4n) is 4.23. The van der Waals surface area contributed by atoms with Gasteiger partial charge in [-0.05, 0) is 62.2 Å². The predicted octanol–water partition coefficient (Wildman–Crippen LogP) is 6.03. The molecule has 4 rings (SSSR count). The fraction of sp³-hybridized carbons (Fsp3) is 0.226. The van der Waals surface area contributed by atoms with E-state index < -0.39 is 29.4 Å². The standard InChI is InChI=1S/C31H28F3N3O5/c1-5-10-21-15-20(16-26(41-6-2)27(21)42-19(3)30(39)40-4)18-35-37-28(22-11-9-12-23(17-22)31(32,33)34)36-25-14-8-7-13-24(25)29(37)38/h5,7-9,11-19H,1,6,10H2,2-4H3/t19-/m0/s1. The van der Waals surface area contributed by atoms with Crippen molar-refractivity contribution in [1.29, 1.82) is 0 Å². The zero-order chi connectivity index (χ0) is 30.4. The average Bonchev–Trinajstić information content (AvgIpc) is 2.97. The van der Waals surface area contributed by atoms with Crippen LogP contribution in [-0.2, 0) is 22.1 Å². The molecule has 0 saturated heterocycles. The predicted molar refractivity (Wildman–Crippen MR) is 153 cm³/mol. The van der Waals surface area contributed by atoms with Gasteiger partial charge in [-0.25, -0.2) is 9.78 Å². The van der Waals surface area contributed by atoms with E-state index in [0.717, 1.165) is 16.8 Å². The van der Waals surface area contributed by atoms with Crippen LogP contribution in [0.1, 0.15) is 30.5 Å². The Kier molecular flexibility index (Phi) is 9.09. The number of fused-ring (bicyclic) bond motifs is 1. The third-order valence-corrected chi connectivity index (χ3v) is 6.17. The quantitative estimate of drug-likeness (QED) is 0.129. The molecular formula is C31H28F3N3O5. The van der Waals surface area contributed by atoms with Crippen molar-refractivity contribution in [2.24, 2.45) is 5.10 Å². The van der Waals surface area contributed by atoms with E-state index in [1.54, 1.807) is 56.3 Å². The molecule has 42 heavy (non-hydrogen) atoms. The topological polar surface area (TPSA) is 92.0 Å².